The largest absolute Gasteiger partial charge is 0.459 e. The number of nitrogens with zero attached hydrogens (tertiary/aromatic N) is 3. The van der Waals surface area contributed by atoms with Gasteiger partial charge in [0.15, 0.2) is 5.78 Å². The summed E-state index contributed by atoms with van der Waals surface area (Å²) in [7, 11) is -3.97. The van der Waals surface area contributed by atoms with Gasteiger partial charge in [0.1, 0.15) is 29.2 Å². The molecule has 0 radical (unpaired) electrons. The number of rotatable bonds is 11. The number of benzene rings is 2. The number of ether oxygens (including phenoxy) is 1. The summed E-state index contributed by atoms with van der Waals surface area (Å²) in [6.07, 6.45) is 8.68. The second-order valence-electron chi connectivity index (χ2n) is 17.3. The van der Waals surface area contributed by atoms with E-state index >= 15 is 0 Å². The predicted molar refractivity (Wildman–Crippen MR) is 218 cm³/mol. The predicted octanol–water partition coefficient (Wildman–Crippen LogP) is 6.07. The Bertz CT molecular complexity index is 2160. The van der Waals surface area contributed by atoms with Crippen molar-refractivity contribution in [1.82, 2.24) is 24.5 Å². The minimum atomic E-state index is -3.97. The lowest BCUT2D eigenvalue weighted by Gasteiger charge is -2.30. The number of carbonyl (C=O) groups is 4. The van der Waals surface area contributed by atoms with Gasteiger partial charge in [-0.2, -0.15) is 4.98 Å². The number of nitrogens with one attached hydrogen (secondary N) is 3. The fourth-order valence-electron chi connectivity index (χ4n) is 8.21. The third-order valence-electron chi connectivity index (χ3n) is 12.0. The van der Waals surface area contributed by atoms with Gasteiger partial charge in [-0.05, 0) is 89.5 Å². The first kappa shape index (κ1) is 40.5. The Morgan fingerprint density at radius 2 is 1.77 bits per heavy atom. The Morgan fingerprint density at radius 3 is 2.47 bits per heavy atom. The zero-order valence-electron chi connectivity index (χ0n) is 33.6. The average Bonchev–Trinajstić information content (AvgIpc) is 3.98. The van der Waals surface area contributed by atoms with Gasteiger partial charge in [-0.1, -0.05) is 63.1 Å². The fourth-order valence-corrected chi connectivity index (χ4v) is 9.53. The lowest BCUT2D eigenvalue weighted by atomic mass is 10.0. The summed E-state index contributed by atoms with van der Waals surface area (Å²) in [5, 5.41) is 6.38. The van der Waals surface area contributed by atoms with E-state index < -0.39 is 56.2 Å². The Morgan fingerprint density at radius 1 is 1.02 bits per heavy atom. The lowest BCUT2D eigenvalue weighted by Crippen LogP contribution is -2.58. The van der Waals surface area contributed by atoms with Crippen LogP contribution in [0.4, 0.5) is 5.69 Å². The molecule has 2 aromatic carbocycles. The first-order chi connectivity index (χ1) is 27.1. The second-order valence-corrected chi connectivity index (χ2v) is 19.5. The van der Waals surface area contributed by atoms with Crippen LogP contribution in [0.5, 0.6) is 6.01 Å². The molecule has 306 valence electrons. The molecule has 3 fully saturated rings. The minimum absolute atomic E-state index is 0.00761. The number of fused-ring (bicyclic) bond motifs is 3. The molecule has 3 amide bonds. The topological polar surface area (TPSA) is 169 Å². The fraction of sp³-hybridized carbons (Fsp3) is 0.558. The van der Waals surface area contributed by atoms with Crippen molar-refractivity contribution in [3.05, 3.63) is 66.2 Å². The lowest BCUT2D eigenvalue weighted by molar-refractivity contribution is -0.140. The summed E-state index contributed by atoms with van der Waals surface area (Å²) >= 11 is 0. The van der Waals surface area contributed by atoms with Crippen molar-refractivity contribution in [1.29, 1.82) is 0 Å². The number of Topliss-reactive ketones (excluding diaryl/α,β-unsaturated/α-hetero) is 1. The first-order valence-electron chi connectivity index (χ1n) is 20.5. The number of sulfonamides is 1. The molecule has 2 saturated carbocycles. The standard InChI is InChI=1S/C43H56N6O7S/c1-27(2)23-36(50)32-18-14-20-34-37(32)45-41(49(34)28(3)4)56-31-24-35-38(51)46-43(40(53)47-57(54,55)42(5)21-22-42)25-29(43)15-10-7-6-8-13-19-33(39(52)48(35)26-31)44-30-16-11-9-12-17-30/h9-12,14-18,20,27-29,31,33,35,44H,6-8,13,19,21-26H2,1-5H3,(H,46,51)(H,47,53)/b15-10-/t29-,31-,33+,35+,43-/m1/s1. The molecule has 14 heteroatoms. The smallest absolute Gasteiger partial charge is 0.297 e. The molecule has 13 nitrogen and oxygen atoms in total. The van der Waals surface area contributed by atoms with Gasteiger partial charge in [-0.25, -0.2) is 8.42 Å². The van der Waals surface area contributed by atoms with Gasteiger partial charge < -0.3 is 20.3 Å². The number of imidazole rings is 1. The van der Waals surface area contributed by atoms with E-state index in [2.05, 4.69) is 15.4 Å². The average molecular weight is 801 g/mol. The van der Waals surface area contributed by atoms with Crippen LogP contribution in [0, 0.1) is 11.8 Å². The second kappa shape index (κ2) is 15.9. The van der Waals surface area contributed by atoms with Crippen LogP contribution in [0.1, 0.15) is 115 Å². The minimum Gasteiger partial charge on any atom is -0.459 e. The molecule has 2 aliphatic carbocycles. The van der Waals surface area contributed by atoms with Gasteiger partial charge >= 0.3 is 0 Å². The van der Waals surface area contributed by atoms with Gasteiger partial charge in [0, 0.05) is 36.1 Å². The summed E-state index contributed by atoms with van der Waals surface area (Å²) in [5.41, 5.74) is 1.10. The summed E-state index contributed by atoms with van der Waals surface area (Å²) in [6.45, 7) is 9.68. The maximum atomic E-state index is 14.7. The van der Waals surface area contributed by atoms with Crippen molar-refractivity contribution in [3.8, 4) is 6.01 Å². The molecule has 2 aliphatic heterocycles. The molecule has 57 heavy (non-hydrogen) atoms. The third-order valence-corrected chi connectivity index (χ3v) is 14.1. The maximum Gasteiger partial charge on any atom is 0.297 e. The number of para-hydroxylation sites is 2. The maximum absolute atomic E-state index is 14.7. The number of allylic oxidation sites excluding steroid dienone is 1. The van der Waals surface area contributed by atoms with E-state index in [1.165, 1.54) is 0 Å². The van der Waals surface area contributed by atoms with Gasteiger partial charge in [0.05, 0.1) is 16.8 Å². The van der Waals surface area contributed by atoms with Gasteiger partial charge in [-0.15, -0.1) is 0 Å². The molecular formula is C43H56N6O7S. The highest BCUT2D eigenvalue weighted by atomic mass is 32.2. The van der Waals surface area contributed by atoms with Crippen LogP contribution in [0.3, 0.4) is 0 Å². The van der Waals surface area contributed by atoms with E-state index in [1.54, 1.807) is 17.9 Å². The van der Waals surface area contributed by atoms with Crippen LogP contribution in [0.15, 0.2) is 60.7 Å². The molecule has 3 heterocycles. The van der Waals surface area contributed by atoms with Gasteiger partial charge in [0.2, 0.25) is 21.8 Å². The Kier molecular flexibility index (Phi) is 11.3. The van der Waals surface area contributed by atoms with Crippen molar-refractivity contribution >= 4 is 50.2 Å². The van der Waals surface area contributed by atoms with Crippen LogP contribution in [-0.2, 0) is 24.4 Å². The number of anilines is 1. The first-order valence-corrected chi connectivity index (χ1v) is 22.0. The number of hydrogen-bond acceptors (Lipinski definition) is 9. The summed E-state index contributed by atoms with van der Waals surface area (Å²) in [5.74, 6) is -1.83. The molecule has 7 rings (SSSR count). The van der Waals surface area contributed by atoms with E-state index in [1.807, 2.05) is 86.9 Å². The molecule has 0 unspecified atom stereocenters. The zero-order valence-corrected chi connectivity index (χ0v) is 34.4. The quantitative estimate of drug-likeness (QED) is 0.154. The van der Waals surface area contributed by atoms with E-state index in [0.29, 0.717) is 36.8 Å². The van der Waals surface area contributed by atoms with Crippen LogP contribution in [0.25, 0.3) is 11.0 Å². The molecular weight excluding hydrogens is 745 g/mol. The molecule has 5 atom stereocenters. The molecule has 3 N–H and O–H groups in total. The van der Waals surface area contributed by atoms with Crippen LogP contribution in [-0.4, -0.2) is 81.4 Å². The monoisotopic (exact) mass is 800 g/mol. The van der Waals surface area contributed by atoms with Crippen LogP contribution >= 0.6 is 0 Å². The highest BCUT2D eigenvalue weighted by Gasteiger charge is 2.63. The van der Waals surface area contributed by atoms with Crippen molar-refractivity contribution < 1.29 is 32.3 Å². The Hall–Kier alpha value is -4.72. The summed E-state index contributed by atoms with van der Waals surface area (Å²) in [4.78, 5) is 63.0. The van der Waals surface area contributed by atoms with Crippen molar-refractivity contribution in [2.45, 2.75) is 133 Å². The van der Waals surface area contributed by atoms with Crippen LogP contribution in [0.2, 0.25) is 0 Å². The summed E-state index contributed by atoms with van der Waals surface area (Å²) < 4.78 is 36.3. The Balaban J connectivity index is 1.22. The molecule has 1 saturated heterocycles. The van der Waals surface area contributed by atoms with Crippen molar-refractivity contribution in [2.75, 3.05) is 11.9 Å². The van der Waals surface area contributed by atoms with Gasteiger partial charge in [-0.3, -0.25) is 28.5 Å². The van der Waals surface area contributed by atoms with Crippen molar-refractivity contribution in [2.24, 2.45) is 11.8 Å². The molecule has 0 bridgehead atoms. The third kappa shape index (κ3) is 8.33. The number of amides is 3. The van der Waals surface area contributed by atoms with Gasteiger partial charge in [0.25, 0.3) is 11.9 Å². The van der Waals surface area contributed by atoms with E-state index in [4.69, 9.17) is 9.72 Å². The van der Waals surface area contributed by atoms with Crippen molar-refractivity contribution in [3.63, 3.8) is 0 Å². The van der Waals surface area contributed by atoms with Crippen LogP contribution < -0.4 is 20.1 Å². The van der Waals surface area contributed by atoms with E-state index in [-0.39, 0.29) is 49.0 Å². The molecule has 3 aromatic rings. The Labute approximate surface area is 335 Å². The number of hydrogen-bond donors (Lipinski definition) is 3. The highest BCUT2D eigenvalue weighted by molar-refractivity contribution is 7.91. The SMILES string of the molecule is CC(C)CC(=O)c1cccc2c1nc(O[C@@H]1C[C@H]3C(=O)N[C@]4(C(=O)NS(=O)(=O)C5(C)CC5)C[C@H]4/C=C\CCCCC[C@H](Nc4ccccc4)C(=O)N3C1)n2C(C)C. The number of carbonyl (C=O) groups excluding carboxylic acids is 4. The van der Waals surface area contributed by atoms with E-state index in [9.17, 15) is 27.6 Å². The number of aromatic nitrogens is 2. The van der Waals surface area contributed by atoms with E-state index in [0.717, 1.165) is 36.9 Å². The number of ketones is 1. The normalized spacial score (nSPS) is 26.8. The molecule has 0 spiro atoms. The zero-order chi connectivity index (χ0) is 40.7. The molecule has 4 aliphatic rings. The summed E-state index contributed by atoms with van der Waals surface area (Å²) in [6, 6.07) is 13.5. The molecule has 1 aromatic heterocycles. The highest BCUT2D eigenvalue weighted by Crippen LogP contribution is 2.47.